The van der Waals surface area contributed by atoms with Crippen LogP contribution in [0.4, 0.5) is 8.78 Å². The summed E-state index contributed by atoms with van der Waals surface area (Å²) in [6, 6.07) is 16.8. The standard InChI is InChI=1S/C20H20F2O4/c1-2-25-20(24)16(17(23)15-11-7-4-8-12-15)18(19(21)22)26-13-14-9-5-3-6-10-14/h3-12,16-17,23H,2,13H2,1H3/t16-,17+/m0/s1. The topological polar surface area (TPSA) is 55.8 Å². The molecule has 2 aromatic carbocycles. The number of carbonyl (C=O) groups is 1. The molecule has 2 rings (SSSR count). The van der Waals surface area contributed by atoms with Crippen molar-refractivity contribution in [2.24, 2.45) is 5.92 Å². The van der Waals surface area contributed by atoms with Crippen LogP contribution in [0.1, 0.15) is 24.2 Å². The Hall–Kier alpha value is -2.73. The highest BCUT2D eigenvalue weighted by molar-refractivity contribution is 5.76. The Bertz CT molecular complexity index is 728. The first-order valence-electron chi connectivity index (χ1n) is 8.16. The maximum atomic E-state index is 13.6. The van der Waals surface area contributed by atoms with Gasteiger partial charge in [0.15, 0.2) is 5.76 Å². The molecule has 4 nitrogen and oxygen atoms in total. The molecule has 26 heavy (non-hydrogen) atoms. The smallest absolute Gasteiger partial charge is 0.319 e. The van der Waals surface area contributed by atoms with Crippen molar-refractivity contribution < 1.29 is 28.2 Å². The summed E-state index contributed by atoms with van der Waals surface area (Å²) in [6.45, 7) is 1.39. The molecule has 6 heteroatoms. The van der Waals surface area contributed by atoms with E-state index < -0.39 is 29.8 Å². The van der Waals surface area contributed by atoms with Crippen molar-refractivity contribution in [1.29, 1.82) is 0 Å². The number of carbonyl (C=O) groups excluding carboxylic acids is 1. The Morgan fingerprint density at radius 1 is 1.00 bits per heavy atom. The Morgan fingerprint density at radius 3 is 2.12 bits per heavy atom. The van der Waals surface area contributed by atoms with Gasteiger partial charge in [0.2, 0.25) is 0 Å². The molecule has 0 bridgehead atoms. The van der Waals surface area contributed by atoms with E-state index in [0.717, 1.165) is 0 Å². The zero-order valence-electron chi connectivity index (χ0n) is 14.3. The molecule has 0 unspecified atom stereocenters. The third-order valence-corrected chi connectivity index (χ3v) is 3.70. The number of esters is 1. The molecule has 0 aliphatic heterocycles. The van der Waals surface area contributed by atoms with E-state index >= 15 is 0 Å². The van der Waals surface area contributed by atoms with Gasteiger partial charge < -0.3 is 14.6 Å². The summed E-state index contributed by atoms with van der Waals surface area (Å²) in [5.41, 5.74) is 0.968. The molecule has 0 fully saturated rings. The van der Waals surface area contributed by atoms with Crippen molar-refractivity contribution in [2.45, 2.75) is 19.6 Å². The van der Waals surface area contributed by atoms with E-state index in [1.807, 2.05) is 0 Å². The van der Waals surface area contributed by atoms with E-state index in [1.165, 1.54) is 0 Å². The molecule has 0 saturated heterocycles. The van der Waals surface area contributed by atoms with Crippen LogP contribution in [0, 0.1) is 5.92 Å². The van der Waals surface area contributed by atoms with Gasteiger partial charge in [-0.25, -0.2) is 0 Å². The molecule has 0 saturated carbocycles. The van der Waals surface area contributed by atoms with Crippen LogP contribution >= 0.6 is 0 Å². The Morgan fingerprint density at radius 2 is 1.58 bits per heavy atom. The average Bonchev–Trinajstić information content (AvgIpc) is 2.66. The van der Waals surface area contributed by atoms with Gasteiger partial charge in [0.1, 0.15) is 12.5 Å². The predicted octanol–water partition coefficient (Wildman–Crippen LogP) is 4.22. The minimum absolute atomic E-state index is 0.00326. The molecular formula is C20H20F2O4. The van der Waals surface area contributed by atoms with Crippen LogP contribution in [0.2, 0.25) is 0 Å². The fourth-order valence-corrected chi connectivity index (χ4v) is 2.45. The van der Waals surface area contributed by atoms with Gasteiger partial charge >= 0.3 is 12.0 Å². The number of hydrogen-bond donors (Lipinski definition) is 1. The molecule has 1 N–H and O–H groups in total. The molecule has 0 spiro atoms. The van der Waals surface area contributed by atoms with Gasteiger partial charge in [-0.1, -0.05) is 60.7 Å². The molecule has 138 valence electrons. The maximum absolute atomic E-state index is 13.6. The second kappa shape index (κ2) is 9.68. The average molecular weight is 362 g/mol. The van der Waals surface area contributed by atoms with E-state index in [-0.39, 0.29) is 13.2 Å². The number of benzene rings is 2. The normalized spacial score (nSPS) is 12.8. The quantitative estimate of drug-likeness (QED) is 0.564. The first-order chi connectivity index (χ1) is 12.5. The highest BCUT2D eigenvalue weighted by Gasteiger charge is 2.37. The second-order valence-electron chi connectivity index (χ2n) is 5.48. The summed E-state index contributed by atoms with van der Waals surface area (Å²) >= 11 is 0. The molecule has 0 aromatic heterocycles. The summed E-state index contributed by atoms with van der Waals surface area (Å²) < 4.78 is 37.2. The minimum Gasteiger partial charge on any atom is -0.487 e. The first-order valence-corrected chi connectivity index (χ1v) is 8.16. The summed E-state index contributed by atoms with van der Waals surface area (Å²) in [4.78, 5) is 12.3. The number of halogens is 2. The molecule has 0 heterocycles. The lowest BCUT2D eigenvalue weighted by Crippen LogP contribution is -2.28. The largest absolute Gasteiger partial charge is 0.487 e. The molecule has 0 aliphatic rings. The summed E-state index contributed by atoms with van der Waals surface area (Å²) in [5.74, 6) is -3.52. The van der Waals surface area contributed by atoms with Gasteiger partial charge in [0, 0.05) is 0 Å². The highest BCUT2D eigenvalue weighted by Crippen LogP contribution is 2.33. The molecule has 2 aromatic rings. The Kier molecular flexibility index (Phi) is 7.29. The van der Waals surface area contributed by atoms with Crippen LogP contribution in [-0.2, 0) is 20.9 Å². The van der Waals surface area contributed by atoms with E-state index in [2.05, 4.69) is 0 Å². The van der Waals surface area contributed by atoms with E-state index in [1.54, 1.807) is 67.6 Å². The third-order valence-electron chi connectivity index (χ3n) is 3.70. The first kappa shape index (κ1) is 19.6. The predicted molar refractivity (Wildman–Crippen MR) is 92.0 cm³/mol. The number of ether oxygens (including phenoxy) is 2. The van der Waals surface area contributed by atoms with Gasteiger partial charge in [-0.15, -0.1) is 0 Å². The highest BCUT2D eigenvalue weighted by atomic mass is 19.3. The summed E-state index contributed by atoms with van der Waals surface area (Å²) in [6.07, 6.45) is -3.70. The number of rotatable bonds is 8. The maximum Gasteiger partial charge on any atom is 0.319 e. The Labute approximate surface area is 150 Å². The second-order valence-corrected chi connectivity index (χ2v) is 5.48. The fraction of sp³-hybridized carbons (Fsp3) is 0.250. The van der Waals surface area contributed by atoms with Crippen molar-refractivity contribution >= 4 is 5.97 Å². The van der Waals surface area contributed by atoms with Gasteiger partial charge in [-0.3, -0.25) is 4.79 Å². The fourth-order valence-electron chi connectivity index (χ4n) is 2.45. The lowest BCUT2D eigenvalue weighted by molar-refractivity contribution is -0.152. The van der Waals surface area contributed by atoms with Crippen molar-refractivity contribution in [1.82, 2.24) is 0 Å². The monoisotopic (exact) mass is 362 g/mol. The number of aliphatic hydroxyl groups excluding tert-OH is 1. The van der Waals surface area contributed by atoms with Crippen LogP contribution in [0.3, 0.4) is 0 Å². The van der Waals surface area contributed by atoms with Crippen LogP contribution in [0.25, 0.3) is 0 Å². The summed E-state index contributed by atoms with van der Waals surface area (Å²) in [5, 5.41) is 10.5. The lowest BCUT2D eigenvalue weighted by Gasteiger charge is -2.23. The SMILES string of the molecule is CCOC(=O)[C@H](C(OCc1ccccc1)=C(F)F)[C@H](O)c1ccccc1. The summed E-state index contributed by atoms with van der Waals surface area (Å²) in [7, 11) is 0. The molecule has 2 atom stereocenters. The van der Waals surface area contributed by atoms with Crippen molar-refractivity contribution in [3.05, 3.63) is 83.6 Å². The van der Waals surface area contributed by atoms with Gasteiger partial charge in [0.05, 0.1) is 12.7 Å². The molecule has 0 amide bonds. The van der Waals surface area contributed by atoms with Crippen LogP contribution in [-0.4, -0.2) is 17.7 Å². The molecule has 0 aliphatic carbocycles. The van der Waals surface area contributed by atoms with E-state index in [0.29, 0.717) is 11.1 Å². The number of hydrogen-bond acceptors (Lipinski definition) is 4. The zero-order chi connectivity index (χ0) is 18.9. The van der Waals surface area contributed by atoms with Crippen LogP contribution < -0.4 is 0 Å². The van der Waals surface area contributed by atoms with E-state index in [4.69, 9.17) is 9.47 Å². The van der Waals surface area contributed by atoms with Gasteiger partial charge in [-0.2, -0.15) is 8.78 Å². The van der Waals surface area contributed by atoms with Crippen LogP contribution in [0.5, 0.6) is 0 Å². The van der Waals surface area contributed by atoms with Crippen molar-refractivity contribution in [3.63, 3.8) is 0 Å². The minimum atomic E-state index is -2.17. The molecule has 0 radical (unpaired) electrons. The molecular weight excluding hydrogens is 342 g/mol. The number of aliphatic hydroxyl groups is 1. The zero-order valence-corrected chi connectivity index (χ0v) is 14.3. The Balaban J connectivity index is 2.30. The van der Waals surface area contributed by atoms with Gasteiger partial charge in [-0.05, 0) is 18.1 Å². The third kappa shape index (κ3) is 5.13. The van der Waals surface area contributed by atoms with Gasteiger partial charge in [0.25, 0.3) is 0 Å². The lowest BCUT2D eigenvalue weighted by atomic mass is 9.94. The van der Waals surface area contributed by atoms with Crippen molar-refractivity contribution in [3.8, 4) is 0 Å². The van der Waals surface area contributed by atoms with Crippen LogP contribution in [0.15, 0.2) is 72.5 Å². The van der Waals surface area contributed by atoms with E-state index in [9.17, 15) is 18.7 Å². The van der Waals surface area contributed by atoms with Crippen molar-refractivity contribution in [2.75, 3.05) is 6.61 Å².